The number of benzene rings is 1. The Morgan fingerprint density at radius 1 is 1.50 bits per heavy atom. The van der Waals surface area contributed by atoms with Crippen LogP contribution in [0.4, 0.5) is 5.69 Å². The highest BCUT2D eigenvalue weighted by Crippen LogP contribution is 2.31. The lowest BCUT2D eigenvalue weighted by Crippen LogP contribution is -2.13. The normalized spacial score (nSPS) is 18.4. The molecule has 0 radical (unpaired) electrons. The van der Waals surface area contributed by atoms with E-state index >= 15 is 0 Å². The maximum atomic E-state index is 11.1. The van der Waals surface area contributed by atoms with Crippen molar-refractivity contribution in [2.45, 2.75) is 25.4 Å². The molecule has 2 rings (SSSR count). The Kier molecular flexibility index (Phi) is 3.24. The zero-order chi connectivity index (χ0) is 13.1. The SMILES string of the molecule is N#Cc1ccc(OC2CCC(=O)C2)c([N+](=O)[O-])c1. The lowest BCUT2D eigenvalue weighted by molar-refractivity contribution is -0.386. The van der Waals surface area contributed by atoms with Crippen LogP contribution in [0.5, 0.6) is 5.75 Å². The van der Waals surface area contributed by atoms with Crippen molar-refractivity contribution >= 4 is 11.5 Å². The van der Waals surface area contributed by atoms with Crippen LogP contribution in [-0.2, 0) is 4.79 Å². The Balaban J connectivity index is 2.24. The van der Waals surface area contributed by atoms with Gasteiger partial charge in [0.05, 0.1) is 16.6 Å². The lowest BCUT2D eigenvalue weighted by Gasteiger charge is -2.12. The highest BCUT2D eigenvalue weighted by atomic mass is 16.6. The van der Waals surface area contributed by atoms with Crippen molar-refractivity contribution in [3.05, 3.63) is 33.9 Å². The highest BCUT2D eigenvalue weighted by molar-refractivity contribution is 5.81. The molecule has 6 heteroatoms. The Hall–Kier alpha value is -2.42. The van der Waals surface area contributed by atoms with Gasteiger partial charge in [-0.2, -0.15) is 5.26 Å². The van der Waals surface area contributed by atoms with Crippen molar-refractivity contribution in [2.75, 3.05) is 0 Å². The summed E-state index contributed by atoms with van der Waals surface area (Å²) in [7, 11) is 0. The highest BCUT2D eigenvalue weighted by Gasteiger charge is 2.26. The summed E-state index contributed by atoms with van der Waals surface area (Å²) < 4.78 is 5.47. The summed E-state index contributed by atoms with van der Waals surface area (Å²) in [4.78, 5) is 21.4. The van der Waals surface area contributed by atoms with Gasteiger partial charge in [-0.05, 0) is 18.6 Å². The van der Waals surface area contributed by atoms with E-state index in [1.54, 1.807) is 0 Å². The summed E-state index contributed by atoms with van der Waals surface area (Å²) in [5.41, 5.74) is -0.0371. The molecule has 1 aliphatic rings. The van der Waals surface area contributed by atoms with Gasteiger partial charge < -0.3 is 4.74 Å². The molecule has 1 aromatic rings. The number of ether oxygens (including phenoxy) is 1. The van der Waals surface area contributed by atoms with Gasteiger partial charge in [-0.15, -0.1) is 0 Å². The maximum Gasteiger partial charge on any atom is 0.312 e. The first-order valence-electron chi connectivity index (χ1n) is 5.47. The second-order valence-corrected chi connectivity index (χ2v) is 4.07. The standard InChI is InChI=1S/C12H10N2O4/c13-7-8-1-4-12(11(5-8)14(16)17)18-10-3-2-9(15)6-10/h1,4-5,10H,2-3,6H2. The van der Waals surface area contributed by atoms with Crippen molar-refractivity contribution < 1.29 is 14.5 Å². The molecule has 0 aromatic heterocycles. The number of hydrogen-bond acceptors (Lipinski definition) is 5. The fourth-order valence-corrected chi connectivity index (χ4v) is 1.89. The van der Waals surface area contributed by atoms with Gasteiger partial charge in [-0.25, -0.2) is 0 Å². The predicted octanol–water partition coefficient (Wildman–Crippen LogP) is 1.97. The van der Waals surface area contributed by atoms with E-state index in [1.807, 2.05) is 6.07 Å². The zero-order valence-corrected chi connectivity index (χ0v) is 9.46. The smallest absolute Gasteiger partial charge is 0.312 e. The number of carbonyl (C=O) groups is 1. The van der Waals surface area contributed by atoms with Gasteiger partial charge in [0.15, 0.2) is 5.75 Å². The first-order valence-corrected chi connectivity index (χ1v) is 5.47. The molecule has 0 heterocycles. The predicted molar refractivity (Wildman–Crippen MR) is 61.1 cm³/mol. The quantitative estimate of drug-likeness (QED) is 0.600. The molecule has 0 N–H and O–H groups in total. The summed E-state index contributed by atoms with van der Waals surface area (Å²) in [6, 6.07) is 5.87. The molecule has 92 valence electrons. The van der Waals surface area contributed by atoms with Crippen LogP contribution in [0.3, 0.4) is 0 Å². The van der Waals surface area contributed by atoms with Crippen molar-refractivity contribution in [3.63, 3.8) is 0 Å². The number of nitro benzene ring substituents is 1. The molecule has 18 heavy (non-hydrogen) atoms. The van der Waals surface area contributed by atoms with Crippen LogP contribution in [0.25, 0.3) is 0 Å². The van der Waals surface area contributed by atoms with Gasteiger partial charge >= 0.3 is 5.69 Å². The Labute approximate surface area is 103 Å². The minimum absolute atomic E-state index is 0.108. The van der Waals surface area contributed by atoms with Gasteiger partial charge in [0.1, 0.15) is 11.9 Å². The number of rotatable bonds is 3. The average Bonchev–Trinajstić information content (AvgIpc) is 2.75. The molecule has 0 aliphatic heterocycles. The molecule has 0 bridgehead atoms. The van der Waals surface area contributed by atoms with Gasteiger partial charge in [-0.1, -0.05) is 0 Å². The fraction of sp³-hybridized carbons (Fsp3) is 0.333. The number of nitrogens with zero attached hydrogens (tertiary/aromatic N) is 2. The van der Waals surface area contributed by atoms with Crippen molar-refractivity contribution in [1.82, 2.24) is 0 Å². The van der Waals surface area contributed by atoms with E-state index in [0.717, 1.165) is 0 Å². The monoisotopic (exact) mass is 246 g/mol. The summed E-state index contributed by atoms with van der Waals surface area (Å²) in [5, 5.41) is 19.6. The average molecular weight is 246 g/mol. The molecule has 1 atom stereocenters. The van der Waals surface area contributed by atoms with E-state index in [1.165, 1.54) is 18.2 Å². The van der Waals surface area contributed by atoms with Crippen LogP contribution in [0, 0.1) is 21.4 Å². The minimum atomic E-state index is -0.590. The third kappa shape index (κ3) is 2.46. The third-order valence-electron chi connectivity index (χ3n) is 2.78. The molecule has 6 nitrogen and oxygen atoms in total. The number of nitriles is 1. The molecule has 1 fully saturated rings. The lowest BCUT2D eigenvalue weighted by atomic mass is 10.2. The second kappa shape index (κ2) is 4.84. The molecule has 1 saturated carbocycles. The molecule has 0 amide bonds. The summed E-state index contributed by atoms with van der Waals surface area (Å²) in [6.45, 7) is 0. The Bertz CT molecular complexity index is 547. The van der Waals surface area contributed by atoms with E-state index in [2.05, 4.69) is 0 Å². The summed E-state index contributed by atoms with van der Waals surface area (Å²) >= 11 is 0. The summed E-state index contributed by atoms with van der Waals surface area (Å²) in [5.74, 6) is 0.218. The summed E-state index contributed by atoms with van der Waals surface area (Å²) in [6.07, 6.45) is 1.02. The van der Waals surface area contributed by atoms with Gasteiger partial charge in [0.25, 0.3) is 0 Å². The van der Waals surface area contributed by atoms with E-state index < -0.39 is 4.92 Å². The molecule has 0 saturated heterocycles. The number of nitro groups is 1. The zero-order valence-electron chi connectivity index (χ0n) is 9.46. The number of ketones is 1. The third-order valence-corrected chi connectivity index (χ3v) is 2.78. The van der Waals surface area contributed by atoms with Crippen molar-refractivity contribution in [1.29, 1.82) is 5.26 Å². The number of hydrogen-bond donors (Lipinski definition) is 0. The molecular formula is C12H10N2O4. The van der Waals surface area contributed by atoms with Crippen molar-refractivity contribution in [3.8, 4) is 11.8 Å². The van der Waals surface area contributed by atoms with E-state index in [4.69, 9.17) is 10.00 Å². The van der Waals surface area contributed by atoms with Crippen molar-refractivity contribution in [2.24, 2.45) is 0 Å². The molecule has 1 unspecified atom stereocenters. The van der Waals surface area contributed by atoms with Gasteiger partial charge in [-0.3, -0.25) is 14.9 Å². The van der Waals surface area contributed by atoms with Crippen LogP contribution >= 0.6 is 0 Å². The second-order valence-electron chi connectivity index (χ2n) is 4.07. The molecular weight excluding hydrogens is 236 g/mol. The first kappa shape index (κ1) is 12.0. The Morgan fingerprint density at radius 3 is 2.83 bits per heavy atom. The van der Waals surface area contributed by atoms with Crippen LogP contribution in [0.2, 0.25) is 0 Å². The number of carbonyl (C=O) groups excluding carboxylic acids is 1. The van der Waals surface area contributed by atoms with E-state index in [9.17, 15) is 14.9 Å². The van der Waals surface area contributed by atoms with Crippen LogP contribution in [0.1, 0.15) is 24.8 Å². The minimum Gasteiger partial charge on any atom is -0.483 e. The molecule has 1 aliphatic carbocycles. The molecule has 1 aromatic carbocycles. The van der Waals surface area contributed by atoms with E-state index in [0.29, 0.717) is 12.8 Å². The van der Waals surface area contributed by atoms with Gasteiger partial charge in [0.2, 0.25) is 0 Å². The van der Waals surface area contributed by atoms with Crippen LogP contribution < -0.4 is 4.74 Å². The van der Waals surface area contributed by atoms with Crippen LogP contribution in [-0.4, -0.2) is 16.8 Å². The topological polar surface area (TPSA) is 93.2 Å². The van der Waals surface area contributed by atoms with Gasteiger partial charge in [0, 0.05) is 18.9 Å². The maximum absolute atomic E-state index is 11.1. The number of Topliss-reactive ketones (excluding diaryl/α,β-unsaturated/α-hetero) is 1. The van der Waals surface area contributed by atoms with E-state index in [-0.39, 0.29) is 35.3 Å². The molecule has 0 spiro atoms. The largest absolute Gasteiger partial charge is 0.483 e. The Morgan fingerprint density at radius 2 is 2.28 bits per heavy atom. The first-order chi connectivity index (χ1) is 8.60. The fourth-order valence-electron chi connectivity index (χ4n) is 1.89. The van der Waals surface area contributed by atoms with Crippen LogP contribution in [0.15, 0.2) is 18.2 Å².